The van der Waals surface area contributed by atoms with E-state index >= 15 is 0 Å². The first-order valence-electron chi connectivity index (χ1n) is 6.18. The number of aliphatic hydroxyl groups is 1. The Morgan fingerprint density at radius 3 is 2.75 bits per heavy atom. The molecule has 0 aromatic heterocycles. The number of likely N-dealkylation sites (tertiary alicyclic amines) is 1. The fraction of sp³-hybridized carbons (Fsp3) is 0.917. The molecule has 0 spiro atoms. The van der Waals surface area contributed by atoms with Gasteiger partial charge in [0.1, 0.15) is 6.04 Å². The lowest BCUT2D eigenvalue weighted by Gasteiger charge is -2.39. The lowest BCUT2D eigenvalue weighted by molar-refractivity contribution is -0.153. The summed E-state index contributed by atoms with van der Waals surface area (Å²) in [5.41, 5.74) is 0. The minimum absolute atomic E-state index is 0.00899. The van der Waals surface area contributed by atoms with Crippen molar-refractivity contribution < 1.29 is 14.6 Å². The van der Waals surface area contributed by atoms with Crippen LogP contribution in [0.2, 0.25) is 0 Å². The standard InChI is InChI=1S/C12H23NO3/c1-4-16-12(15)11-7-5-6-8-13(11)9(2)10(3)14/h9-11,14H,4-8H2,1-3H3. The van der Waals surface area contributed by atoms with Crippen molar-refractivity contribution in [2.45, 2.75) is 58.2 Å². The monoisotopic (exact) mass is 229 g/mol. The van der Waals surface area contributed by atoms with Crippen LogP contribution in [0.5, 0.6) is 0 Å². The molecular formula is C12H23NO3. The molecule has 0 saturated carbocycles. The fourth-order valence-corrected chi connectivity index (χ4v) is 2.21. The molecule has 1 N–H and O–H groups in total. The first-order valence-corrected chi connectivity index (χ1v) is 6.18. The zero-order chi connectivity index (χ0) is 12.1. The van der Waals surface area contributed by atoms with Crippen molar-refractivity contribution in [3.8, 4) is 0 Å². The van der Waals surface area contributed by atoms with Crippen LogP contribution in [0.4, 0.5) is 0 Å². The molecule has 94 valence electrons. The van der Waals surface area contributed by atoms with Crippen LogP contribution in [-0.4, -0.2) is 47.3 Å². The normalized spacial score (nSPS) is 26.1. The van der Waals surface area contributed by atoms with Crippen molar-refractivity contribution in [2.24, 2.45) is 0 Å². The van der Waals surface area contributed by atoms with E-state index < -0.39 is 6.10 Å². The predicted octanol–water partition coefficient (Wildman–Crippen LogP) is 1.17. The van der Waals surface area contributed by atoms with Crippen LogP contribution < -0.4 is 0 Å². The largest absolute Gasteiger partial charge is 0.465 e. The number of piperidine rings is 1. The van der Waals surface area contributed by atoms with Gasteiger partial charge in [0.25, 0.3) is 0 Å². The number of carbonyl (C=O) groups excluding carboxylic acids is 1. The lowest BCUT2D eigenvalue weighted by atomic mass is 9.98. The van der Waals surface area contributed by atoms with E-state index in [1.54, 1.807) is 6.92 Å². The highest BCUT2D eigenvalue weighted by molar-refractivity contribution is 5.75. The summed E-state index contributed by atoms with van der Waals surface area (Å²) in [6.07, 6.45) is 2.57. The van der Waals surface area contributed by atoms with Crippen molar-refractivity contribution in [3.05, 3.63) is 0 Å². The summed E-state index contributed by atoms with van der Waals surface area (Å²) in [6, 6.07) is -0.159. The van der Waals surface area contributed by atoms with Crippen molar-refractivity contribution in [3.63, 3.8) is 0 Å². The molecule has 1 fully saturated rings. The van der Waals surface area contributed by atoms with E-state index in [0.717, 1.165) is 25.8 Å². The molecular weight excluding hydrogens is 206 g/mol. The second-order valence-electron chi connectivity index (χ2n) is 4.48. The van der Waals surface area contributed by atoms with Crippen molar-refractivity contribution in [2.75, 3.05) is 13.2 Å². The number of esters is 1. The lowest BCUT2D eigenvalue weighted by Crippen LogP contribution is -2.52. The highest BCUT2D eigenvalue weighted by Gasteiger charge is 2.34. The number of nitrogens with zero attached hydrogens (tertiary/aromatic N) is 1. The molecule has 1 aliphatic heterocycles. The molecule has 4 nitrogen and oxygen atoms in total. The van der Waals surface area contributed by atoms with Gasteiger partial charge in [-0.2, -0.15) is 0 Å². The first kappa shape index (κ1) is 13.5. The average molecular weight is 229 g/mol. The Morgan fingerprint density at radius 1 is 1.50 bits per heavy atom. The minimum Gasteiger partial charge on any atom is -0.465 e. The molecule has 0 radical (unpaired) electrons. The molecule has 0 aromatic rings. The third-order valence-corrected chi connectivity index (χ3v) is 3.32. The third kappa shape index (κ3) is 3.19. The van der Waals surface area contributed by atoms with Gasteiger partial charge in [-0.05, 0) is 40.2 Å². The molecule has 3 atom stereocenters. The molecule has 3 unspecified atom stereocenters. The summed E-state index contributed by atoms with van der Waals surface area (Å²) < 4.78 is 5.08. The van der Waals surface area contributed by atoms with Crippen LogP contribution in [0.25, 0.3) is 0 Å². The highest BCUT2D eigenvalue weighted by atomic mass is 16.5. The molecule has 0 aromatic carbocycles. The number of ether oxygens (including phenoxy) is 1. The first-order chi connectivity index (χ1) is 7.57. The Hall–Kier alpha value is -0.610. The topological polar surface area (TPSA) is 49.8 Å². The van der Waals surface area contributed by atoms with Gasteiger partial charge in [0.15, 0.2) is 0 Å². The zero-order valence-corrected chi connectivity index (χ0v) is 10.5. The van der Waals surface area contributed by atoms with Crippen LogP contribution in [-0.2, 0) is 9.53 Å². The van der Waals surface area contributed by atoms with Crippen molar-refractivity contribution in [1.82, 2.24) is 4.90 Å². The van der Waals surface area contributed by atoms with E-state index in [4.69, 9.17) is 4.74 Å². The van der Waals surface area contributed by atoms with Gasteiger partial charge in [-0.15, -0.1) is 0 Å². The molecule has 0 amide bonds. The maximum Gasteiger partial charge on any atom is 0.323 e. The fourth-order valence-electron chi connectivity index (χ4n) is 2.21. The van der Waals surface area contributed by atoms with Crippen LogP contribution >= 0.6 is 0 Å². The van der Waals surface area contributed by atoms with E-state index in [1.165, 1.54) is 0 Å². The molecule has 16 heavy (non-hydrogen) atoms. The number of carbonyl (C=O) groups is 1. The number of hydrogen-bond donors (Lipinski definition) is 1. The van der Waals surface area contributed by atoms with Crippen LogP contribution in [0.3, 0.4) is 0 Å². The Kier molecular flexibility index (Phi) is 5.22. The number of rotatable bonds is 4. The molecule has 0 aliphatic carbocycles. The van der Waals surface area contributed by atoms with E-state index in [0.29, 0.717) is 6.61 Å². The minimum atomic E-state index is -0.421. The Balaban J connectivity index is 2.66. The summed E-state index contributed by atoms with van der Waals surface area (Å²) in [4.78, 5) is 13.9. The molecule has 1 rings (SSSR count). The molecule has 4 heteroatoms. The second-order valence-corrected chi connectivity index (χ2v) is 4.48. The molecule has 1 heterocycles. The van der Waals surface area contributed by atoms with Gasteiger partial charge in [-0.3, -0.25) is 9.69 Å². The average Bonchev–Trinajstić information content (AvgIpc) is 2.28. The van der Waals surface area contributed by atoms with E-state index in [2.05, 4.69) is 4.90 Å². The van der Waals surface area contributed by atoms with Crippen LogP contribution in [0, 0.1) is 0 Å². The Bertz CT molecular complexity index is 230. The van der Waals surface area contributed by atoms with Gasteiger partial charge in [0.05, 0.1) is 12.7 Å². The summed E-state index contributed by atoms with van der Waals surface area (Å²) >= 11 is 0. The predicted molar refractivity (Wildman–Crippen MR) is 62.1 cm³/mol. The van der Waals surface area contributed by atoms with Crippen molar-refractivity contribution >= 4 is 5.97 Å². The van der Waals surface area contributed by atoms with E-state index in [-0.39, 0.29) is 18.1 Å². The quantitative estimate of drug-likeness (QED) is 0.735. The summed E-state index contributed by atoms with van der Waals surface area (Å²) in [5, 5.41) is 9.61. The maximum atomic E-state index is 11.8. The molecule has 1 aliphatic rings. The summed E-state index contributed by atoms with van der Waals surface area (Å²) in [6.45, 7) is 6.84. The van der Waals surface area contributed by atoms with Crippen LogP contribution in [0.1, 0.15) is 40.0 Å². The van der Waals surface area contributed by atoms with Gasteiger partial charge in [0.2, 0.25) is 0 Å². The smallest absolute Gasteiger partial charge is 0.323 e. The Morgan fingerprint density at radius 2 is 2.19 bits per heavy atom. The molecule has 0 bridgehead atoms. The third-order valence-electron chi connectivity index (χ3n) is 3.32. The van der Waals surface area contributed by atoms with Crippen LogP contribution in [0.15, 0.2) is 0 Å². The van der Waals surface area contributed by atoms with Crippen molar-refractivity contribution in [1.29, 1.82) is 0 Å². The number of hydrogen-bond acceptors (Lipinski definition) is 4. The SMILES string of the molecule is CCOC(=O)C1CCCCN1C(C)C(C)O. The zero-order valence-electron chi connectivity index (χ0n) is 10.5. The van der Waals surface area contributed by atoms with E-state index in [9.17, 15) is 9.90 Å². The second kappa shape index (κ2) is 6.21. The number of aliphatic hydroxyl groups excluding tert-OH is 1. The van der Waals surface area contributed by atoms with Gasteiger partial charge in [0, 0.05) is 6.04 Å². The highest BCUT2D eigenvalue weighted by Crippen LogP contribution is 2.22. The summed E-state index contributed by atoms with van der Waals surface area (Å²) in [5.74, 6) is -0.144. The summed E-state index contributed by atoms with van der Waals surface area (Å²) in [7, 11) is 0. The van der Waals surface area contributed by atoms with E-state index in [1.807, 2.05) is 13.8 Å². The van der Waals surface area contributed by atoms with Gasteiger partial charge >= 0.3 is 5.97 Å². The van der Waals surface area contributed by atoms with Gasteiger partial charge < -0.3 is 9.84 Å². The van der Waals surface area contributed by atoms with Gasteiger partial charge in [-0.25, -0.2) is 0 Å². The Labute approximate surface area is 97.6 Å². The molecule has 1 saturated heterocycles. The van der Waals surface area contributed by atoms with Gasteiger partial charge in [-0.1, -0.05) is 6.42 Å². The maximum absolute atomic E-state index is 11.8.